The third-order valence-electron chi connectivity index (χ3n) is 4.19. The topological polar surface area (TPSA) is 67.9 Å². The summed E-state index contributed by atoms with van der Waals surface area (Å²) in [5.41, 5.74) is 5.49. The third kappa shape index (κ3) is 2.78. The molecule has 1 aliphatic carbocycles. The van der Waals surface area contributed by atoms with Crippen LogP contribution in [0.2, 0.25) is 5.02 Å². The van der Waals surface area contributed by atoms with E-state index in [1.807, 2.05) is 36.4 Å². The van der Waals surface area contributed by atoms with Crippen molar-refractivity contribution < 1.29 is 4.92 Å². The van der Waals surface area contributed by atoms with E-state index in [4.69, 9.17) is 11.6 Å². The second-order valence-electron chi connectivity index (χ2n) is 5.75. The molecule has 26 heavy (non-hydrogen) atoms. The highest BCUT2D eigenvalue weighted by Crippen LogP contribution is 2.36. The van der Waals surface area contributed by atoms with Gasteiger partial charge in [0.25, 0.3) is 5.69 Å². The van der Waals surface area contributed by atoms with Crippen LogP contribution >= 0.6 is 11.6 Å². The Morgan fingerprint density at radius 3 is 2.04 bits per heavy atom. The summed E-state index contributed by atoms with van der Waals surface area (Å²) in [6.07, 6.45) is 1.49. The number of hydrogen-bond donors (Lipinski definition) is 0. The minimum Gasteiger partial charge on any atom is -0.258 e. The number of fused-ring (bicyclic) bond motifs is 3. The average Bonchev–Trinajstić information content (AvgIpc) is 2.97. The van der Waals surface area contributed by atoms with Gasteiger partial charge in [-0.3, -0.25) is 10.1 Å². The van der Waals surface area contributed by atoms with Gasteiger partial charge in [-0.15, -0.1) is 5.10 Å². The molecule has 3 aromatic rings. The van der Waals surface area contributed by atoms with E-state index in [9.17, 15) is 10.1 Å². The molecule has 0 amide bonds. The van der Waals surface area contributed by atoms with Crippen molar-refractivity contribution in [3.05, 3.63) is 98.6 Å². The summed E-state index contributed by atoms with van der Waals surface area (Å²) in [4.78, 5) is 10.5. The van der Waals surface area contributed by atoms with Gasteiger partial charge in [-0.25, -0.2) is 0 Å². The van der Waals surface area contributed by atoms with Crippen LogP contribution in [0.1, 0.15) is 16.7 Å². The Kier molecular flexibility index (Phi) is 4.07. The zero-order valence-corrected chi connectivity index (χ0v) is 14.2. The molecule has 0 saturated heterocycles. The fourth-order valence-corrected chi connectivity index (χ4v) is 3.19. The molecule has 0 unspecified atom stereocenters. The van der Waals surface area contributed by atoms with Gasteiger partial charge >= 0.3 is 0 Å². The Morgan fingerprint density at radius 2 is 1.46 bits per heavy atom. The van der Waals surface area contributed by atoms with E-state index in [-0.39, 0.29) is 10.7 Å². The highest BCUT2D eigenvalue weighted by atomic mass is 35.5. The Hall–Kier alpha value is -3.31. The summed E-state index contributed by atoms with van der Waals surface area (Å²) in [6, 6.07) is 20.6. The van der Waals surface area contributed by atoms with Gasteiger partial charge in [-0.2, -0.15) is 5.10 Å². The first kappa shape index (κ1) is 16.2. The van der Waals surface area contributed by atoms with Crippen LogP contribution in [-0.2, 0) is 0 Å². The predicted molar refractivity (Wildman–Crippen MR) is 103 cm³/mol. The zero-order chi connectivity index (χ0) is 18.1. The lowest BCUT2D eigenvalue weighted by molar-refractivity contribution is -0.384. The largest absolute Gasteiger partial charge is 0.288 e. The fourth-order valence-electron chi connectivity index (χ4n) is 3.00. The lowest BCUT2D eigenvalue weighted by atomic mass is 10.1. The molecule has 0 radical (unpaired) electrons. The highest BCUT2D eigenvalue weighted by molar-refractivity contribution is 6.32. The molecule has 0 aromatic heterocycles. The summed E-state index contributed by atoms with van der Waals surface area (Å²) in [5.74, 6) is 0. The standard InChI is InChI=1S/C20H12ClN3O2/c21-18-10-9-13(11-19(18)24(25)26)12-22-23-20-16-7-3-1-5-14(16)15-6-2-4-8-17(15)20/h1-12H. The fraction of sp³-hybridized carbons (Fsp3) is 0. The van der Waals surface area contributed by atoms with Gasteiger partial charge in [0.1, 0.15) is 10.7 Å². The summed E-state index contributed by atoms with van der Waals surface area (Å²) >= 11 is 5.83. The van der Waals surface area contributed by atoms with E-state index in [1.165, 1.54) is 18.3 Å². The second kappa shape index (κ2) is 6.54. The van der Waals surface area contributed by atoms with E-state index in [0.29, 0.717) is 5.56 Å². The molecule has 0 N–H and O–H groups in total. The Balaban J connectivity index is 1.73. The highest BCUT2D eigenvalue weighted by Gasteiger charge is 2.23. The first-order valence-corrected chi connectivity index (χ1v) is 8.27. The molecule has 5 nitrogen and oxygen atoms in total. The van der Waals surface area contributed by atoms with E-state index in [1.54, 1.807) is 6.07 Å². The van der Waals surface area contributed by atoms with E-state index in [0.717, 1.165) is 28.0 Å². The average molecular weight is 362 g/mol. The summed E-state index contributed by atoms with van der Waals surface area (Å²) in [6.45, 7) is 0. The Labute approximate surface area is 154 Å². The van der Waals surface area contributed by atoms with E-state index >= 15 is 0 Å². The van der Waals surface area contributed by atoms with Crippen molar-refractivity contribution in [2.24, 2.45) is 10.2 Å². The van der Waals surface area contributed by atoms with Crippen LogP contribution in [0.4, 0.5) is 5.69 Å². The molecular weight excluding hydrogens is 350 g/mol. The van der Waals surface area contributed by atoms with Crippen LogP contribution in [0.3, 0.4) is 0 Å². The SMILES string of the molecule is O=[N+]([O-])c1cc(C=NN=C2c3ccccc3-c3ccccc32)ccc1Cl. The van der Waals surface area contributed by atoms with Crippen molar-refractivity contribution in [3.8, 4) is 11.1 Å². The molecule has 0 aliphatic heterocycles. The maximum Gasteiger partial charge on any atom is 0.288 e. The van der Waals surface area contributed by atoms with Crippen LogP contribution in [0, 0.1) is 10.1 Å². The van der Waals surface area contributed by atoms with Crippen molar-refractivity contribution >= 4 is 29.2 Å². The lowest BCUT2D eigenvalue weighted by Crippen LogP contribution is -1.97. The molecule has 0 fully saturated rings. The molecule has 0 atom stereocenters. The summed E-state index contributed by atoms with van der Waals surface area (Å²) in [7, 11) is 0. The molecular formula is C20H12ClN3O2. The third-order valence-corrected chi connectivity index (χ3v) is 4.51. The molecule has 0 heterocycles. The quantitative estimate of drug-likeness (QED) is 0.289. The number of halogens is 1. The second-order valence-corrected chi connectivity index (χ2v) is 6.16. The van der Waals surface area contributed by atoms with Crippen LogP contribution in [0.15, 0.2) is 76.9 Å². The number of nitrogens with zero attached hydrogens (tertiary/aromatic N) is 3. The summed E-state index contributed by atoms with van der Waals surface area (Å²) < 4.78 is 0. The number of nitro benzene ring substituents is 1. The number of rotatable bonds is 3. The van der Waals surface area contributed by atoms with Crippen LogP contribution in [-0.4, -0.2) is 16.8 Å². The molecule has 0 spiro atoms. The summed E-state index contributed by atoms with van der Waals surface area (Å²) in [5, 5.41) is 19.6. The van der Waals surface area contributed by atoms with Crippen molar-refractivity contribution in [3.63, 3.8) is 0 Å². The minimum atomic E-state index is -0.519. The molecule has 1 aliphatic rings. The molecule has 126 valence electrons. The maximum absolute atomic E-state index is 11.0. The molecule has 4 rings (SSSR count). The van der Waals surface area contributed by atoms with Crippen molar-refractivity contribution in [1.29, 1.82) is 0 Å². The van der Waals surface area contributed by atoms with Crippen LogP contribution in [0.5, 0.6) is 0 Å². The van der Waals surface area contributed by atoms with Crippen molar-refractivity contribution in [1.82, 2.24) is 0 Å². The van der Waals surface area contributed by atoms with Crippen LogP contribution in [0.25, 0.3) is 11.1 Å². The smallest absolute Gasteiger partial charge is 0.258 e. The normalized spacial score (nSPS) is 12.1. The van der Waals surface area contributed by atoms with Gasteiger partial charge in [0, 0.05) is 22.8 Å². The van der Waals surface area contributed by atoms with Crippen molar-refractivity contribution in [2.45, 2.75) is 0 Å². The van der Waals surface area contributed by atoms with Gasteiger partial charge in [-0.1, -0.05) is 66.2 Å². The number of hydrogen-bond acceptors (Lipinski definition) is 4. The molecule has 3 aromatic carbocycles. The first-order valence-electron chi connectivity index (χ1n) is 7.89. The Bertz CT molecular complexity index is 1040. The van der Waals surface area contributed by atoms with Gasteiger partial charge in [0.15, 0.2) is 0 Å². The van der Waals surface area contributed by atoms with Gasteiger partial charge < -0.3 is 0 Å². The monoisotopic (exact) mass is 361 g/mol. The molecule has 0 saturated carbocycles. The zero-order valence-electron chi connectivity index (χ0n) is 13.5. The van der Waals surface area contributed by atoms with Gasteiger partial charge in [-0.05, 0) is 17.2 Å². The maximum atomic E-state index is 11.0. The predicted octanol–water partition coefficient (Wildman–Crippen LogP) is 5.10. The number of benzene rings is 3. The van der Waals surface area contributed by atoms with Gasteiger partial charge in [0.05, 0.1) is 11.1 Å². The molecule has 6 heteroatoms. The molecule has 0 bridgehead atoms. The first-order chi connectivity index (χ1) is 12.6. The number of nitro groups is 1. The van der Waals surface area contributed by atoms with E-state index in [2.05, 4.69) is 22.3 Å². The van der Waals surface area contributed by atoms with E-state index < -0.39 is 4.92 Å². The van der Waals surface area contributed by atoms with Gasteiger partial charge in [0.2, 0.25) is 0 Å². The van der Waals surface area contributed by atoms with Crippen LogP contribution < -0.4 is 0 Å². The lowest BCUT2D eigenvalue weighted by Gasteiger charge is -1.99. The minimum absolute atomic E-state index is 0.0945. The Morgan fingerprint density at radius 1 is 0.885 bits per heavy atom. The van der Waals surface area contributed by atoms with Crippen molar-refractivity contribution in [2.75, 3.05) is 0 Å².